The monoisotopic (exact) mass is 579 g/mol. The number of hydrogen-bond donors (Lipinski definition) is 1. The highest BCUT2D eigenvalue weighted by Crippen LogP contribution is 2.23. The van der Waals surface area contributed by atoms with Gasteiger partial charge in [0.15, 0.2) is 0 Å². The molecule has 0 aromatic heterocycles. The van der Waals surface area contributed by atoms with Crippen LogP contribution in [0.15, 0.2) is 53.5 Å². The maximum atomic E-state index is 13.3. The molecule has 10 nitrogen and oxygen atoms in total. The molecule has 2 aromatic rings. The van der Waals surface area contributed by atoms with Gasteiger partial charge in [0.2, 0.25) is 12.0 Å². The number of piperidine rings is 1. The Morgan fingerprint density at radius 2 is 1.90 bits per heavy atom. The highest BCUT2D eigenvalue weighted by Gasteiger charge is 2.32. The minimum absolute atomic E-state index is 0.0358. The zero-order valence-electron chi connectivity index (χ0n) is 24.9. The van der Waals surface area contributed by atoms with E-state index in [0.717, 1.165) is 36.0 Å². The topological polar surface area (TPSA) is 124 Å². The van der Waals surface area contributed by atoms with Gasteiger partial charge in [0.25, 0.3) is 0 Å². The van der Waals surface area contributed by atoms with E-state index in [1.165, 1.54) is 0 Å². The molecule has 1 aliphatic heterocycles. The van der Waals surface area contributed by atoms with Crippen LogP contribution in [0.2, 0.25) is 0 Å². The van der Waals surface area contributed by atoms with Crippen LogP contribution < -0.4 is 10.1 Å². The highest BCUT2D eigenvalue weighted by molar-refractivity contribution is 5.88. The van der Waals surface area contributed by atoms with Gasteiger partial charge in [-0.1, -0.05) is 36.4 Å². The molecule has 0 aliphatic carbocycles. The molecule has 1 saturated heterocycles. The molecule has 42 heavy (non-hydrogen) atoms. The molecule has 0 saturated carbocycles. The van der Waals surface area contributed by atoms with E-state index in [1.54, 1.807) is 31.8 Å². The summed E-state index contributed by atoms with van der Waals surface area (Å²) < 4.78 is 16.7. The van der Waals surface area contributed by atoms with E-state index in [-0.39, 0.29) is 31.4 Å². The second-order valence-electron chi connectivity index (χ2n) is 11.5. The number of nitrogens with zero attached hydrogens (tertiary/aromatic N) is 2. The first kappa shape index (κ1) is 32.3. The van der Waals surface area contributed by atoms with Crippen molar-refractivity contribution in [2.75, 3.05) is 19.7 Å². The number of alkyl carbamates (subject to hydrolysis) is 1. The third-order valence-electron chi connectivity index (χ3n) is 6.88. The number of nitrogens with one attached hydrogen (secondary N) is 1. The van der Waals surface area contributed by atoms with Crippen molar-refractivity contribution in [3.8, 4) is 5.75 Å². The first-order valence-electron chi connectivity index (χ1n) is 14.3. The van der Waals surface area contributed by atoms with Gasteiger partial charge in [-0.05, 0) is 81.7 Å². The van der Waals surface area contributed by atoms with Gasteiger partial charge in [-0.2, -0.15) is 0 Å². The predicted octanol–water partition coefficient (Wildman–Crippen LogP) is 4.87. The van der Waals surface area contributed by atoms with Crippen LogP contribution in [-0.4, -0.2) is 60.3 Å². The van der Waals surface area contributed by atoms with Crippen molar-refractivity contribution in [1.82, 2.24) is 10.2 Å². The van der Waals surface area contributed by atoms with Gasteiger partial charge in [-0.25, -0.2) is 19.4 Å². The Kier molecular flexibility index (Phi) is 12.1. The van der Waals surface area contributed by atoms with Crippen LogP contribution >= 0.6 is 0 Å². The number of esters is 1. The predicted molar refractivity (Wildman–Crippen MR) is 156 cm³/mol. The van der Waals surface area contributed by atoms with E-state index in [1.807, 2.05) is 55.5 Å². The second-order valence-corrected chi connectivity index (χ2v) is 11.5. The molecule has 0 spiro atoms. The Balaban J connectivity index is 1.54. The first-order valence-corrected chi connectivity index (χ1v) is 14.3. The second kappa shape index (κ2) is 15.7. The number of likely N-dealkylation sites (tertiary alicyclic amines) is 1. The fraction of sp³-hybridized carbons (Fsp3) is 0.500. The lowest BCUT2D eigenvalue weighted by Crippen LogP contribution is -2.49. The van der Waals surface area contributed by atoms with Gasteiger partial charge >= 0.3 is 12.1 Å². The van der Waals surface area contributed by atoms with Crippen LogP contribution in [0.4, 0.5) is 4.79 Å². The van der Waals surface area contributed by atoms with Crippen LogP contribution in [0.1, 0.15) is 63.1 Å². The normalized spacial score (nSPS) is 15.6. The van der Waals surface area contributed by atoms with Crippen molar-refractivity contribution in [2.45, 2.75) is 78.2 Å². The molecule has 1 fully saturated rings. The van der Waals surface area contributed by atoms with E-state index < -0.39 is 23.7 Å². The van der Waals surface area contributed by atoms with Gasteiger partial charge < -0.3 is 24.4 Å². The number of ether oxygens (including phenoxy) is 3. The average molecular weight is 580 g/mol. The number of aryl methyl sites for hydroxylation is 1. The van der Waals surface area contributed by atoms with Gasteiger partial charge in [-0.15, -0.1) is 0 Å². The summed E-state index contributed by atoms with van der Waals surface area (Å²) in [7, 11) is 0. The molecule has 2 unspecified atom stereocenters. The fourth-order valence-corrected chi connectivity index (χ4v) is 4.67. The third kappa shape index (κ3) is 11.0. The molecule has 10 heteroatoms. The minimum atomic E-state index is -1.18. The maximum absolute atomic E-state index is 13.3. The smallest absolute Gasteiger partial charge is 0.408 e. The van der Waals surface area contributed by atoms with E-state index in [2.05, 4.69) is 10.3 Å². The number of isocyanates is 1. The Morgan fingerprint density at radius 3 is 2.62 bits per heavy atom. The molecular formula is C32H41N3O7. The SMILES string of the molecule is Cc1ccc(OCCC2CCCN(C(=O)CC(NC(=O)OCc3ccccc3)C(=O)OC(C)(C)C)C2)cc1CN=C=O. The van der Waals surface area contributed by atoms with Gasteiger partial charge in [0.1, 0.15) is 24.0 Å². The van der Waals surface area contributed by atoms with Gasteiger partial charge in [-0.3, -0.25) is 4.79 Å². The van der Waals surface area contributed by atoms with E-state index in [0.29, 0.717) is 25.4 Å². The van der Waals surface area contributed by atoms with Crippen molar-refractivity contribution in [3.63, 3.8) is 0 Å². The average Bonchev–Trinajstić information content (AvgIpc) is 2.95. The summed E-state index contributed by atoms with van der Waals surface area (Å²) in [5, 5.41) is 2.53. The fourth-order valence-electron chi connectivity index (χ4n) is 4.67. The molecule has 0 bridgehead atoms. The number of carbonyl (C=O) groups excluding carboxylic acids is 4. The van der Waals surface area contributed by atoms with Crippen molar-refractivity contribution in [1.29, 1.82) is 0 Å². The molecular weight excluding hydrogens is 538 g/mol. The lowest BCUT2D eigenvalue weighted by Gasteiger charge is -2.34. The standard InChI is InChI=1S/C32H41N3O7/c1-23-12-13-27(17-26(23)19-33-22-36)40-16-14-24-11-8-15-35(20-24)29(37)18-28(30(38)42-32(2,3)4)34-31(39)41-21-25-9-6-5-7-10-25/h5-7,9-10,12-13,17,24,28H,8,11,14-16,18-21H2,1-4H3,(H,34,39). The molecule has 226 valence electrons. The summed E-state index contributed by atoms with van der Waals surface area (Å²) in [5.41, 5.74) is 1.94. The summed E-state index contributed by atoms with van der Waals surface area (Å²) in [5.74, 6) is 0.00596. The van der Waals surface area contributed by atoms with Crippen LogP contribution in [0, 0.1) is 12.8 Å². The Hall–Kier alpha value is -4.17. The lowest BCUT2D eigenvalue weighted by atomic mass is 9.94. The first-order chi connectivity index (χ1) is 20.0. The molecule has 1 heterocycles. The Morgan fingerprint density at radius 1 is 1.14 bits per heavy atom. The largest absolute Gasteiger partial charge is 0.494 e. The quantitative estimate of drug-likeness (QED) is 0.216. The number of rotatable bonds is 12. The van der Waals surface area contributed by atoms with Crippen molar-refractivity contribution in [2.24, 2.45) is 10.9 Å². The molecule has 1 N–H and O–H groups in total. The third-order valence-corrected chi connectivity index (χ3v) is 6.88. The molecule has 0 radical (unpaired) electrons. The van der Waals surface area contributed by atoms with Crippen LogP contribution in [-0.2, 0) is 37.0 Å². The minimum Gasteiger partial charge on any atom is -0.494 e. The van der Waals surface area contributed by atoms with E-state index in [4.69, 9.17) is 14.2 Å². The Labute approximate surface area is 247 Å². The summed E-state index contributed by atoms with van der Waals surface area (Å²) in [6.07, 6.45) is 3.07. The van der Waals surface area contributed by atoms with E-state index in [9.17, 15) is 19.2 Å². The molecule has 2 aromatic carbocycles. The number of amides is 2. The molecule has 2 amide bonds. The van der Waals surface area contributed by atoms with Gasteiger partial charge in [0.05, 0.1) is 19.6 Å². The number of aliphatic imine (C=N–C) groups is 1. The van der Waals surface area contributed by atoms with Crippen LogP contribution in [0.3, 0.4) is 0 Å². The number of carbonyl (C=O) groups is 3. The van der Waals surface area contributed by atoms with Crippen LogP contribution in [0.25, 0.3) is 0 Å². The highest BCUT2D eigenvalue weighted by atomic mass is 16.6. The molecule has 2 atom stereocenters. The summed E-state index contributed by atoms with van der Waals surface area (Å²) in [6, 6.07) is 13.7. The number of benzene rings is 2. The van der Waals surface area contributed by atoms with Gasteiger partial charge in [0, 0.05) is 13.1 Å². The zero-order valence-corrected chi connectivity index (χ0v) is 24.9. The zero-order chi connectivity index (χ0) is 30.5. The molecule has 3 rings (SSSR count). The maximum Gasteiger partial charge on any atom is 0.408 e. The molecule has 1 aliphatic rings. The summed E-state index contributed by atoms with van der Waals surface area (Å²) in [4.78, 5) is 54.6. The summed E-state index contributed by atoms with van der Waals surface area (Å²) >= 11 is 0. The Bertz CT molecular complexity index is 1250. The lowest BCUT2D eigenvalue weighted by molar-refractivity contribution is -0.159. The van der Waals surface area contributed by atoms with E-state index >= 15 is 0 Å². The summed E-state index contributed by atoms with van der Waals surface area (Å²) in [6.45, 7) is 9.01. The van der Waals surface area contributed by atoms with Crippen LogP contribution in [0.5, 0.6) is 5.75 Å². The van der Waals surface area contributed by atoms with Crippen molar-refractivity contribution >= 4 is 24.0 Å². The van der Waals surface area contributed by atoms with Crippen molar-refractivity contribution in [3.05, 3.63) is 65.2 Å². The van der Waals surface area contributed by atoms with Crippen molar-refractivity contribution < 1.29 is 33.4 Å². The number of hydrogen-bond acceptors (Lipinski definition) is 8.